The molecule has 0 spiro atoms. The highest BCUT2D eigenvalue weighted by atomic mass is 35.5. The van der Waals surface area contributed by atoms with Crippen LogP contribution < -0.4 is 11.1 Å². The Kier molecular flexibility index (Phi) is 5.19. The normalized spacial score (nSPS) is 10.0. The Morgan fingerprint density at radius 2 is 2.06 bits per heavy atom. The number of halogens is 1. The molecule has 0 saturated heterocycles. The van der Waals surface area contributed by atoms with Gasteiger partial charge in [-0.3, -0.25) is 4.98 Å². The summed E-state index contributed by atoms with van der Waals surface area (Å²) in [6, 6.07) is 10.3. The molecular weight excluding hydrogens is 234 g/mol. The molecule has 17 heavy (non-hydrogen) atoms. The first kappa shape index (κ1) is 13.7. The smallest absolute Gasteiger partial charge is 0.0725 e. The molecule has 3 N–H and O–H groups in total. The van der Waals surface area contributed by atoms with Gasteiger partial charge in [0.05, 0.1) is 5.52 Å². The molecular formula is C13H18ClN3. The summed E-state index contributed by atoms with van der Waals surface area (Å²) in [4.78, 5) is 4.50. The van der Waals surface area contributed by atoms with Crippen LogP contribution in [0, 0.1) is 6.92 Å². The van der Waals surface area contributed by atoms with Crippen molar-refractivity contribution in [3.05, 3.63) is 36.0 Å². The van der Waals surface area contributed by atoms with Crippen molar-refractivity contribution in [2.45, 2.75) is 13.3 Å². The molecule has 2 rings (SSSR count). The van der Waals surface area contributed by atoms with E-state index in [0.29, 0.717) is 0 Å². The van der Waals surface area contributed by atoms with Gasteiger partial charge in [0.15, 0.2) is 0 Å². The number of nitrogens with zero attached hydrogens (tertiary/aromatic N) is 1. The summed E-state index contributed by atoms with van der Waals surface area (Å²) in [5.74, 6) is 0. The summed E-state index contributed by atoms with van der Waals surface area (Å²) >= 11 is 0. The maximum absolute atomic E-state index is 5.48. The van der Waals surface area contributed by atoms with Gasteiger partial charge in [-0.05, 0) is 32.0 Å². The first-order valence-corrected chi connectivity index (χ1v) is 5.61. The zero-order valence-electron chi connectivity index (χ0n) is 9.94. The van der Waals surface area contributed by atoms with E-state index in [2.05, 4.69) is 22.4 Å². The van der Waals surface area contributed by atoms with Crippen LogP contribution in [0.1, 0.15) is 12.1 Å². The number of para-hydroxylation sites is 1. The van der Waals surface area contributed by atoms with Crippen LogP contribution in [-0.2, 0) is 0 Å². The van der Waals surface area contributed by atoms with Gasteiger partial charge in [0.1, 0.15) is 0 Å². The Morgan fingerprint density at radius 3 is 2.82 bits per heavy atom. The molecule has 0 saturated carbocycles. The Morgan fingerprint density at radius 1 is 1.29 bits per heavy atom. The van der Waals surface area contributed by atoms with Crippen molar-refractivity contribution in [3.63, 3.8) is 0 Å². The fourth-order valence-corrected chi connectivity index (χ4v) is 1.78. The fraction of sp³-hybridized carbons (Fsp3) is 0.308. The van der Waals surface area contributed by atoms with Crippen molar-refractivity contribution < 1.29 is 0 Å². The molecule has 4 heteroatoms. The van der Waals surface area contributed by atoms with Gasteiger partial charge in [-0.25, -0.2) is 0 Å². The third kappa shape index (κ3) is 3.32. The number of hydrogen-bond donors (Lipinski definition) is 2. The topological polar surface area (TPSA) is 50.9 Å². The van der Waals surface area contributed by atoms with E-state index < -0.39 is 0 Å². The monoisotopic (exact) mass is 251 g/mol. The van der Waals surface area contributed by atoms with Crippen LogP contribution >= 0.6 is 12.4 Å². The van der Waals surface area contributed by atoms with Gasteiger partial charge in [0.25, 0.3) is 0 Å². The van der Waals surface area contributed by atoms with E-state index in [1.54, 1.807) is 0 Å². The van der Waals surface area contributed by atoms with Crippen LogP contribution in [0.4, 0.5) is 5.69 Å². The lowest BCUT2D eigenvalue weighted by molar-refractivity contribution is 0.875. The summed E-state index contributed by atoms with van der Waals surface area (Å²) in [7, 11) is 0. The summed E-state index contributed by atoms with van der Waals surface area (Å²) in [5.41, 5.74) is 8.71. The Bertz CT molecular complexity index is 485. The minimum absolute atomic E-state index is 0. The molecule has 0 aliphatic carbocycles. The van der Waals surface area contributed by atoms with Gasteiger partial charge < -0.3 is 11.1 Å². The van der Waals surface area contributed by atoms with Crippen LogP contribution in [-0.4, -0.2) is 18.1 Å². The average molecular weight is 252 g/mol. The molecule has 0 unspecified atom stereocenters. The summed E-state index contributed by atoms with van der Waals surface area (Å²) < 4.78 is 0. The van der Waals surface area contributed by atoms with Crippen molar-refractivity contribution >= 4 is 29.0 Å². The molecule has 3 nitrogen and oxygen atoms in total. The summed E-state index contributed by atoms with van der Waals surface area (Å²) in [6.45, 7) is 3.64. The number of nitrogens with two attached hydrogens (primary N) is 1. The quantitative estimate of drug-likeness (QED) is 0.822. The van der Waals surface area contributed by atoms with Gasteiger partial charge >= 0.3 is 0 Å². The van der Waals surface area contributed by atoms with Crippen molar-refractivity contribution in [2.75, 3.05) is 18.4 Å². The van der Waals surface area contributed by atoms with Crippen LogP contribution in [0.5, 0.6) is 0 Å². The lowest BCUT2D eigenvalue weighted by Crippen LogP contribution is -2.09. The zero-order valence-corrected chi connectivity index (χ0v) is 10.8. The number of hydrogen-bond acceptors (Lipinski definition) is 3. The Labute approximate surface area is 108 Å². The number of fused-ring (bicyclic) bond motifs is 1. The molecule has 92 valence electrons. The van der Waals surface area contributed by atoms with E-state index in [1.807, 2.05) is 25.1 Å². The van der Waals surface area contributed by atoms with Crippen molar-refractivity contribution in [2.24, 2.45) is 5.73 Å². The van der Waals surface area contributed by atoms with Crippen molar-refractivity contribution in [1.29, 1.82) is 0 Å². The lowest BCUT2D eigenvalue weighted by Gasteiger charge is -2.10. The molecule has 0 amide bonds. The summed E-state index contributed by atoms with van der Waals surface area (Å²) in [5, 5.41) is 4.58. The minimum Gasteiger partial charge on any atom is -0.384 e. The molecule has 0 fully saturated rings. The van der Waals surface area contributed by atoms with E-state index >= 15 is 0 Å². The molecule has 0 atom stereocenters. The van der Waals surface area contributed by atoms with E-state index in [9.17, 15) is 0 Å². The zero-order chi connectivity index (χ0) is 11.4. The molecule has 0 aliphatic rings. The predicted octanol–water partition coefficient (Wildman–Crippen LogP) is 2.73. The highest BCUT2D eigenvalue weighted by molar-refractivity contribution is 5.91. The third-order valence-corrected chi connectivity index (χ3v) is 2.54. The standard InChI is InChI=1S/C13H17N3.ClH/c1-10-9-13(15-8-4-7-14)11-5-2-3-6-12(11)16-10;/h2-3,5-6,9H,4,7-8,14H2,1H3,(H,15,16);1H. The molecule has 0 aliphatic heterocycles. The molecule has 2 aromatic rings. The van der Waals surface area contributed by atoms with Crippen molar-refractivity contribution in [1.82, 2.24) is 4.98 Å². The minimum atomic E-state index is 0. The number of pyridine rings is 1. The van der Waals surface area contributed by atoms with Crippen LogP contribution in [0.3, 0.4) is 0 Å². The van der Waals surface area contributed by atoms with Gasteiger partial charge in [0, 0.05) is 23.3 Å². The van der Waals surface area contributed by atoms with Gasteiger partial charge in [-0.2, -0.15) is 0 Å². The highest BCUT2D eigenvalue weighted by Crippen LogP contribution is 2.22. The molecule has 1 heterocycles. The van der Waals surface area contributed by atoms with Gasteiger partial charge in [-0.1, -0.05) is 18.2 Å². The number of aryl methyl sites for hydroxylation is 1. The number of anilines is 1. The SMILES string of the molecule is Cc1cc(NCCCN)c2ccccc2n1.Cl. The predicted molar refractivity (Wildman–Crippen MR) is 75.9 cm³/mol. The Hall–Kier alpha value is -1.32. The third-order valence-electron chi connectivity index (χ3n) is 2.54. The van der Waals surface area contributed by atoms with E-state index in [-0.39, 0.29) is 12.4 Å². The Balaban J connectivity index is 0.00000144. The number of rotatable bonds is 4. The maximum Gasteiger partial charge on any atom is 0.0725 e. The van der Waals surface area contributed by atoms with E-state index in [1.165, 1.54) is 5.39 Å². The largest absolute Gasteiger partial charge is 0.384 e. The average Bonchev–Trinajstić information content (AvgIpc) is 2.29. The number of benzene rings is 1. The first-order valence-electron chi connectivity index (χ1n) is 5.61. The number of nitrogens with one attached hydrogen (secondary N) is 1. The molecule has 1 aromatic heterocycles. The molecule has 0 radical (unpaired) electrons. The first-order chi connectivity index (χ1) is 7.81. The molecule has 1 aromatic carbocycles. The summed E-state index contributed by atoms with van der Waals surface area (Å²) in [6.07, 6.45) is 0.982. The van der Waals surface area contributed by atoms with Crippen molar-refractivity contribution in [3.8, 4) is 0 Å². The van der Waals surface area contributed by atoms with Crippen LogP contribution in [0.15, 0.2) is 30.3 Å². The van der Waals surface area contributed by atoms with Gasteiger partial charge in [-0.15, -0.1) is 12.4 Å². The van der Waals surface area contributed by atoms with Crippen LogP contribution in [0.2, 0.25) is 0 Å². The fourth-order valence-electron chi connectivity index (χ4n) is 1.78. The second kappa shape index (κ2) is 6.42. The van der Waals surface area contributed by atoms with E-state index in [0.717, 1.165) is 36.4 Å². The van der Waals surface area contributed by atoms with Crippen LogP contribution in [0.25, 0.3) is 10.9 Å². The second-order valence-corrected chi connectivity index (χ2v) is 3.90. The lowest BCUT2D eigenvalue weighted by atomic mass is 10.1. The number of aromatic nitrogens is 1. The second-order valence-electron chi connectivity index (χ2n) is 3.90. The maximum atomic E-state index is 5.48. The van der Waals surface area contributed by atoms with Gasteiger partial charge in [0.2, 0.25) is 0 Å². The van der Waals surface area contributed by atoms with E-state index in [4.69, 9.17) is 5.73 Å². The highest BCUT2D eigenvalue weighted by Gasteiger charge is 2.02. The molecule has 0 bridgehead atoms.